The van der Waals surface area contributed by atoms with Crippen LogP contribution in [0, 0.1) is 0 Å². The van der Waals surface area contributed by atoms with Crippen LogP contribution in [0.5, 0.6) is 0 Å². The molecule has 3 nitrogen and oxygen atoms in total. The summed E-state index contributed by atoms with van der Waals surface area (Å²) in [6.07, 6.45) is 4.36. The molecule has 0 heterocycles. The van der Waals surface area contributed by atoms with E-state index in [-0.39, 0.29) is 5.91 Å². The lowest BCUT2D eigenvalue weighted by Gasteiger charge is -2.34. The van der Waals surface area contributed by atoms with E-state index in [0.29, 0.717) is 22.7 Å². The number of hydrogen-bond acceptors (Lipinski definition) is 2. The maximum atomic E-state index is 12.4. The SMILES string of the molecule is CNC1CCC(N(C)C(=O)c2ccccc2Cl)CC1. The second-order valence-electron chi connectivity index (χ2n) is 5.19. The lowest BCUT2D eigenvalue weighted by atomic mass is 9.90. The Morgan fingerprint density at radius 1 is 1.26 bits per heavy atom. The summed E-state index contributed by atoms with van der Waals surface area (Å²) >= 11 is 6.09. The van der Waals surface area contributed by atoms with Gasteiger partial charge in [-0.05, 0) is 44.9 Å². The minimum Gasteiger partial charge on any atom is -0.339 e. The van der Waals surface area contributed by atoms with Gasteiger partial charge in [-0.3, -0.25) is 4.79 Å². The number of nitrogens with one attached hydrogen (secondary N) is 1. The molecular formula is C15H21ClN2O. The fourth-order valence-corrected chi connectivity index (χ4v) is 2.96. The molecule has 0 spiro atoms. The zero-order valence-corrected chi connectivity index (χ0v) is 12.3. The minimum absolute atomic E-state index is 0.0264. The third kappa shape index (κ3) is 3.28. The standard InChI is InChI=1S/C15H21ClN2O/c1-17-11-7-9-12(10-8-11)18(2)15(19)13-5-3-4-6-14(13)16/h3-6,11-12,17H,7-10H2,1-2H3. The van der Waals surface area contributed by atoms with Crippen molar-refractivity contribution < 1.29 is 4.79 Å². The summed E-state index contributed by atoms with van der Waals surface area (Å²) in [6.45, 7) is 0. The molecule has 0 saturated heterocycles. The van der Waals surface area contributed by atoms with Crippen LogP contribution in [0.3, 0.4) is 0 Å². The number of amides is 1. The van der Waals surface area contributed by atoms with Crippen LogP contribution in [-0.2, 0) is 0 Å². The maximum absolute atomic E-state index is 12.4. The number of halogens is 1. The van der Waals surface area contributed by atoms with Gasteiger partial charge in [0, 0.05) is 19.1 Å². The number of hydrogen-bond donors (Lipinski definition) is 1. The second-order valence-corrected chi connectivity index (χ2v) is 5.60. The molecule has 4 heteroatoms. The first-order valence-corrected chi connectivity index (χ1v) is 7.20. The monoisotopic (exact) mass is 280 g/mol. The van der Waals surface area contributed by atoms with Gasteiger partial charge in [0.05, 0.1) is 10.6 Å². The Kier molecular flexibility index (Phi) is 4.83. The largest absolute Gasteiger partial charge is 0.339 e. The molecule has 0 aliphatic heterocycles. The quantitative estimate of drug-likeness (QED) is 0.923. The highest BCUT2D eigenvalue weighted by Gasteiger charge is 2.27. The molecule has 1 amide bonds. The molecule has 1 aliphatic carbocycles. The Balaban J connectivity index is 2.02. The summed E-state index contributed by atoms with van der Waals surface area (Å²) in [7, 11) is 3.89. The number of carbonyl (C=O) groups excluding carboxylic acids is 1. The van der Waals surface area contributed by atoms with E-state index in [1.807, 2.05) is 31.1 Å². The van der Waals surface area contributed by atoms with Crippen molar-refractivity contribution in [1.82, 2.24) is 10.2 Å². The van der Waals surface area contributed by atoms with Gasteiger partial charge in [0.25, 0.3) is 5.91 Å². The molecule has 104 valence electrons. The van der Waals surface area contributed by atoms with E-state index in [1.54, 1.807) is 12.1 Å². The third-order valence-corrected chi connectivity index (χ3v) is 4.41. The Morgan fingerprint density at radius 3 is 2.47 bits per heavy atom. The van der Waals surface area contributed by atoms with Crippen LogP contribution in [0.1, 0.15) is 36.0 Å². The molecule has 0 unspecified atom stereocenters. The lowest BCUT2D eigenvalue weighted by Crippen LogP contribution is -2.42. The molecule has 1 fully saturated rings. The molecule has 2 rings (SSSR count). The van der Waals surface area contributed by atoms with Crippen molar-refractivity contribution in [1.29, 1.82) is 0 Å². The normalized spacial score (nSPS) is 23.1. The van der Waals surface area contributed by atoms with E-state index >= 15 is 0 Å². The molecule has 19 heavy (non-hydrogen) atoms. The predicted molar refractivity (Wildman–Crippen MR) is 78.6 cm³/mol. The highest BCUT2D eigenvalue weighted by atomic mass is 35.5. The van der Waals surface area contributed by atoms with Gasteiger partial charge in [-0.2, -0.15) is 0 Å². The fraction of sp³-hybridized carbons (Fsp3) is 0.533. The zero-order chi connectivity index (χ0) is 13.8. The van der Waals surface area contributed by atoms with Crippen LogP contribution >= 0.6 is 11.6 Å². The van der Waals surface area contributed by atoms with Gasteiger partial charge in [-0.15, -0.1) is 0 Å². The lowest BCUT2D eigenvalue weighted by molar-refractivity contribution is 0.0686. The Labute approximate surface area is 119 Å². The van der Waals surface area contributed by atoms with Crippen molar-refractivity contribution in [3.8, 4) is 0 Å². The summed E-state index contributed by atoms with van der Waals surface area (Å²) < 4.78 is 0. The molecule has 0 bridgehead atoms. The first-order chi connectivity index (χ1) is 9.13. The third-order valence-electron chi connectivity index (χ3n) is 4.08. The second kappa shape index (κ2) is 6.40. The number of nitrogens with zero attached hydrogens (tertiary/aromatic N) is 1. The molecule has 1 N–H and O–H groups in total. The van der Waals surface area contributed by atoms with Gasteiger partial charge in [0.15, 0.2) is 0 Å². The summed E-state index contributed by atoms with van der Waals surface area (Å²) in [4.78, 5) is 14.3. The van der Waals surface area contributed by atoms with Crippen LogP contribution in [-0.4, -0.2) is 37.0 Å². The smallest absolute Gasteiger partial charge is 0.255 e. The maximum Gasteiger partial charge on any atom is 0.255 e. The number of carbonyl (C=O) groups is 1. The first kappa shape index (κ1) is 14.4. The Hall–Kier alpha value is -1.06. The van der Waals surface area contributed by atoms with Crippen molar-refractivity contribution in [2.75, 3.05) is 14.1 Å². The van der Waals surface area contributed by atoms with Gasteiger partial charge in [-0.25, -0.2) is 0 Å². The highest BCUT2D eigenvalue weighted by Crippen LogP contribution is 2.25. The average molecular weight is 281 g/mol. The van der Waals surface area contributed by atoms with Gasteiger partial charge >= 0.3 is 0 Å². The molecule has 1 aliphatic rings. The van der Waals surface area contributed by atoms with Crippen molar-refractivity contribution in [3.63, 3.8) is 0 Å². The molecular weight excluding hydrogens is 260 g/mol. The van der Waals surface area contributed by atoms with Crippen LogP contribution in [0.2, 0.25) is 5.02 Å². The van der Waals surface area contributed by atoms with Crippen LogP contribution in [0.15, 0.2) is 24.3 Å². The van der Waals surface area contributed by atoms with Gasteiger partial charge in [0.1, 0.15) is 0 Å². The predicted octanol–water partition coefficient (Wildman–Crippen LogP) is 2.94. The van der Waals surface area contributed by atoms with E-state index < -0.39 is 0 Å². The van der Waals surface area contributed by atoms with E-state index in [0.717, 1.165) is 25.7 Å². The van der Waals surface area contributed by atoms with Gasteiger partial charge < -0.3 is 10.2 Å². The molecule has 1 saturated carbocycles. The van der Waals surface area contributed by atoms with E-state index in [1.165, 1.54) is 0 Å². The van der Waals surface area contributed by atoms with Crippen molar-refractivity contribution in [2.45, 2.75) is 37.8 Å². The van der Waals surface area contributed by atoms with Crippen LogP contribution < -0.4 is 5.32 Å². The molecule has 0 aromatic heterocycles. The van der Waals surface area contributed by atoms with E-state index in [2.05, 4.69) is 5.32 Å². The molecule has 1 aromatic rings. The summed E-state index contributed by atoms with van der Waals surface area (Å²) in [5.41, 5.74) is 0.599. The average Bonchev–Trinajstić information content (AvgIpc) is 2.46. The highest BCUT2D eigenvalue weighted by molar-refractivity contribution is 6.33. The van der Waals surface area contributed by atoms with Gasteiger partial charge in [0.2, 0.25) is 0 Å². The van der Waals surface area contributed by atoms with Gasteiger partial charge in [-0.1, -0.05) is 23.7 Å². The summed E-state index contributed by atoms with van der Waals surface area (Å²) in [6, 6.07) is 8.18. The summed E-state index contributed by atoms with van der Waals surface area (Å²) in [5, 5.41) is 3.84. The zero-order valence-electron chi connectivity index (χ0n) is 11.5. The van der Waals surface area contributed by atoms with Crippen molar-refractivity contribution >= 4 is 17.5 Å². The van der Waals surface area contributed by atoms with Crippen LogP contribution in [0.4, 0.5) is 0 Å². The Morgan fingerprint density at radius 2 is 1.89 bits per heavy atom. The topological polar surface area (TPSA) is 32.3 Å². The van der Waals surface area contributed by atoms with E-state index in [4.69, 9.17) is 11.6 Å². The number of benzene rings is 1. The van der Waals surface area contributed by atoms with Crippen molar-refractivity contribution in [2.24, 2.45) is 0 Å². The minimum atomic E-state index is 0.0264. The van der Waals surface area contributed by atoms with Crippen LogP contribution in [0.25, 0.3) is 0 Å². The molecule has 0 radical (unpaired) electrons. The summed E-state index contributed by atoms with van der Waals surface area (Å²) in [5.74, 6) is 0.0264. The van der Waals surface area contributed by atoms with E-state index in [9.17, 15) is 4.79 Å². The molecule has 0 atom stereocenters. The fourth-order valence-electron chi connectivity index (χ4n) is 2.74. The Bertz CT molecular complexity index is 442. The molecule has 1 aromatic carbocycles. The number of rotatable bonds is 3. The first-order valence-electron chi connectivity index (χ1n) is 6.82. The van der Waals surface area contributed by atoms with Crippen molar-refractivity contribution in [3.05, 3.63) is 34.9 Å².